The molecule has 0 unspecified atom stereocenters. The van der Waals surface area contributed by atoms with E-state index in [1.54, 1.807) is 24.3 Å². The normalized spacial score (nSPS) is 14.3. The second kappa shape index (κ2) is 5.38. The molecule has 0 aliphatic heterocycles. The van der Waals surface area contributed by atoms with E-state index >= 15 is 0 Å². The lowest BCUT2D eigenvalue weighted by Gasteiger charge is -2.15. The van der Waals surface area contributed by atoms with Crippen LogP contribution in [0.5, 0.6) is 0 Å². The number of hydrogen-bond donors (Lipinski definition) is 0. The van der Waals surface area contributed by atoms with Crippen molar-refractivity contribution in [2.75, 3.05) is 0 Å². The first-order chi connectivity index (χ1) is 10.5. The fourth-order valence-corrected chi connectivity index (χ4v) is 2.80. The molecule has 1 aromatic heterocycles. The minimum absolute atomic E-state index is 0.259. The van der Waals surface area contributed by atoms with Gasteiger partial charge in [-0.15, -0.1) is 0 Å². The van der Waals surface area contributed by atoms with Crippen LogP contribution in [-0.2, 0) is 19.0 Å². The number of para-hydroxylation sites is 1. The van der Waals surface area contributed by atoms with Crippen LogP contribution in [0.25, 0.3) is 16.1 Å². The molecule has 0 bridgehead atoms. The van der Waals surface area contributed by atoms with Crippen molar-refractivity contribution in [3.8, 4) is 5.69 Å². The molecule has 0 spiro atoms. The third-order valence-corrected chi connectivity index (χ3v) is 3.71. The van der Waals surface area contributed by atoms with Gasteiger partial charge >= 0.3 is 6.18 Å². The maximum atomic E-state index is 13.2. The smallest absolute Gasteiger partial charge is 0.236 e. The number of benzene rings is 1. The number of aromatic nitrogens is 2. The van der Waals surface area contributed by atoms with Gasteiger partial charge < -0.3 is 0 Å². The van der Waals surface area contributed by atoms with E-state index in [0.29, 0.717) is 24.2 Å². The molecule has 2 aromatic rings. The van der Waals surface area contributed by atoms with Crippen LogP contribution in [0.1, 0.15) is 29.8 Å². The van der Waals surface area contributed by atoms with Crippen LogP contribution >= 0.6 is 0 Å². The topological polar surface area (TPSA) is 66.6 Å². The Morgan fingerprint density at radius 3 is 2.64 bits per heavy atom. The number of fused-ring (bicyclic) bond motifs is 1. The van der Waals surface area contributed by atoms with Crippen molar-refractivity contribution in [2.45, 2.75) is 31.9 Å². The SMILES string of the molecule is [N-]=[N+]=Nc1ccccc1-n1nc(C(F)(F)F)c2c1CCCC2. The Hall–Kier alpha value is -2.47. The van der Waals surface area contributed by atoms with Crippen molar-refractivity contribution >= 4 is 5.69 Å². The summed E-state index contributed by atoms with van der Waals surface area (Å²) in [4.78, 5) is 2.72. The van der Waals surface area contributed by atoms with Crippen LogP contribution in [0.3, 0.4) is 0 Å². The number of rotatable bonds is 2. The Bertz CT molecular complexity index is 756. The van der Waals surface area contributed by atoms with Crippen LogP contribution < -0.4 is 0 Å². The zero-order valence-corrected chi connectivity index (χ0v) is 11.5. The Balaban J connectivity index is 2.24. The van der Waals surface area contributed by atoms with Gasteiger partial charge in [0.05, 0.1) is 11.4 Å². The number of halogens is 3. The van der Waals surface area contributed by atoms with Crippen molar-refractivity contribution in [2.24, 2.45) is 5.11 Å². The van der Waals surface area contributed by atoms with Gasteiger partial charge in [0, 0.05) is 16.2 Å². The summed E-state index contributed by atoms with van der Waals surface area (Å²) in [5.74, 6) is 0. The zero-order valence-electron chi connectivity index (χ0n) is 11.5. The number of hydrogen-bond acceptors (Lipinski definition) is 2. The Morgan fingerprint density at radius 2 is 1.91 bits per heavy atom. The fourth-order valence-electron chi connectivity index (χ4n) is 2.80. The van der Waals surface area contributed by atoms with Crippen LogP contribution in [0, 0.1) is 0 Å². The number of alkyl halides is 3. The molecule has 0 atom stereocenters. The standard InChI is InChI=1S/C14H12F3N5/c15-14(16,17)13-9-5-1-3-7-11(9)22(20-13)12-8-4-2-6-10(12)19-21-18/h2,4,6,8H,1,3,5,7H2. The average molecular weight is 307 g/mol. The molecule has 0 N–H and O–H groups in total. The average Bonchev–Trinajstić information content (AvgIpc) is 2.88. The summed E-state index contributed by atoms with van der Waals surface area (Å²) in [6, 6.07) is 6.50. The Kier molecular flexibility index (Phi) is 3.54. The molecule has 1 aliphatic carbocycles. The molecule has 1 aliphatic rings. The molecule has 0 saturated heterocycles. The minimum Gasteiger partial charge on any atom is -0.236 e. The zero-order chi connectivity index (χ0) is 15.7. The molecule has 1 aromatic carbocycles. The highest BCUT2D eigenvalue weighted by Gasteiger charge is 2.39. The van der Waals surface area contributed by atoms with Crippen LogP contribution in [-0.4, -0.2) is 9.78 Å². The highest BCUT2D eigenvalue weighted by atomic mass is 19.4. The van der Waals surface area contributed by atoms with Gasteiger partial charge in [0.15, 0.2) is 5.69 Å². The van der Waals surface area contributed by atoms with Gasteiger partial charge in [0.1, 0.15) is 0 Å². The van der Waals surface area contributed by atoms with Gasteiger partial charge in [-0.25, -0.2) is 4.68 Å². The molecule has 8 heteroatoms. The predicted molar refractivity (Wildman–Crippen MR) is 74.0 cm³/mol. The molecule has 114 valence electrons. The van der Waals surface area contributed by atoms with E-state index in [2.05, 4.69) is 15.1 Å². The van der Waals surface area contributed by atoms with E-state index in [-0.39, 0.29) is 11.3 Å². The van der Waals surface area contributed by atoms with Crippen molar-refractivity contribution < 1.29 is 13.2 Å². The first-order valence-corrected chi connectivity index (χ1v) is 6.85. The molecule has 0 fully saturated rings. The third-order valence-electron chi connectivity index (χ3n) is 3.71. The summed E-state index contributed by atoms with van der Waals surface area (Å²) in [5, 5.41) is 7.33. The maximum absolute atomic E-state index is 13.2. The van der Waals surface area contributed by atoms with Gasteiger partial charge in [0.2, 0.25) is 0 Å². The van der Waals surface area contributed by atoms with Gasteiger partial charge in [-0.3, -0.25) is 0 Å². The molecule has 22 heavy (non-hydrogen) atoms. The maximum Gasteiger partial charge on any atom is 0.435 e. The van der Waals surface area contributed by atoms with E-state index in [9.17, 15) is 13.2 Å². The molecule has 0 amide bonds. The summed E-state index contributed by atoms with van der Waals surface area (Å²) in [5.41, 5.74) is 9.22. The Morgan fingerprint density at radius 1 is 1.18 bits per heavy atom. The van der Waals surface area contributed by atoms with E-state index in [1.807, 2.05) is 0 Å². The lowest BCUT2D eigenvalue weighted by Crippen LogP contribution is -2.11. The van der Waals surface area contributed by atoms with Crippen LogP contribution in [0.4, 0.5) is 18.9 Å². The van der Waals surface area contributed by atoms with Crippen molar-refractivity contribution in [3.05, 3.63) is 51.7 Å². The largest absolute Gasteiger partial charge is 0.435 e. The molecule has 0 radical (unpaired) electrons. The molecule has 1 heterocycles. The molecule has 0 saturated carbocycles. The first kappa shape index (κ1) is 14.5. The highest BCUT2D eigenvalue weighted by Crippen LogP contribution is 2.38. The molecule has 3 rings (SSSR count). The molecular weight excluding hydrogens is 295 g/mol. The van der Waals surface area contributed by atoms with Gasteiger partial charge in [-0.05, 0) is 37.3 Å². The summed E-state index contributed by atoms with van der Waals surface area (Å²) < 4.78 is 40.9. The van der Waals surface area contributed by atoms with Crippen LogP contribution in [0.2, 0.25) is 0 Å². The van der Waals surface area contributed by atoms with E-state index in [4.69, 9.17) is 5.53 Å². The van der Waals surface area contributed by atoms with Gasteiger partial charge in [0.25, 0.3) is 0 Å². The van der Waals surface area contributed by atoms with Crippen molar-refractivity contribution in [1.82, 2.24) is 9.78 Å². The summed E-state index contributed by atoms with van der Waals surface area (Å²) in [6.45, 7) is 0. The fraction of sp³-hybridized carbons (Fsp3) is 0.357. The number of nitrogens with zero attached hydrogens (tertiary/aromatic N) is 5. The third kappa shape index (κ3) is 2.42. The van der Waals surface area contributed by atoms with Crippen LogP contribution in [0.15, 0.2) is 29.4 Å². The molecule has 5 nitrogen and oxygen atoms in total. The van der Waals surface area contributed by atoms with Crippen molar-refractivity contribution in [3.63, 3.8) is 0 Å². The van der Waals surface area contributed by atoms with E-state index in [1.165, 1.54) is 4.68 Å². The quantitative estimate of drug-likeness (QED) is 0.450. The lowest BCUT2D eigenvalue weighted by atomic mass is 9.95. The first-order valence-electron chi connectivity index (χ1n) is 6.85. The van der Waals surface area contributed by atoms with E-state index < -0.39 is 11.9 Å². The van der Waals surface area contributed by atoms with Gasteiger partial charge in [-0.2, -0.15) is 18.3 Å². The van der Waals surface area contributed by atoms with Crippen molar-refractivity contribution in [1.29, 1.82) is 0 Å². The minimum atomic E-state index is -4.49. The summed E-state index contributed by atoms with van der Waals surface area (Å²) >= 11 is 0. The van der Waals surface area contributed by atoms with E-state index in [0.717, 1.165) is 12.8 Å². The summed E-state index contributed by atoms with van der Waals surface area (Å²) in [6.07, 6.45) is -2.05. The summed E-state index contributed by atoms with van der Waals surface area (Å²) in [7, 11) is 0. The number of azide groups is 1. The highest BCUT2D eigenvalue weighted by molar-refractivity contribution is 5.57. The van der Waals surface area contributed by atoms with Gasteiger partial charge in [-0.1, -0.05) is 23.3 Å². The predicted octanol–water partition coefficient (Wildman–Crippen LogP) is 4.71. The monoisotopic (exact) mass is 307 g/mol. The second-order valence-electron chi connectivity index (χ2n) is 5.07. The second-order valence-corrected chi connectivity index (χ2v) is 5.07. The lowest BCUT2D eigenvalue weighted by molar-refractivity contribution is -0.142. The Labute approximate surface area is 124 Å². The molecular formula is C14H12F3N5.